The number of rotatable bonds is 2. The molecule has 20 heavy (non-hydrogen) atoms. The molecule has 1 aliphatic carbocycles. The summed E-state index contributed by atoms with van der Waals surface area (Å²) in [7, 11) is 0. The van der Waals surface area contributed by atoms with Gasteiger partial charge in [0.15, 0.2) is 0 Å². The van der Waals surface area contributed by atoms with Crippen molar-refractivity contribution in [2.75, 3.05) is 0 Å². The summed E-state index contributed by atoms with van der Waals surface area (Å²) >= 11 is 6.04. The Bertz CT molecular complexity index is 720. The van der Waals surface area contributed by atoms with E-state index in [-0.39, 0.29) is 0 Å². The molecule has 2 nitrogen and oxygen atoms in total. The second kappa shape index (κ2) is 5.68. The smallest absolute Gasteiger partial charge is 0.137 e. The fourth-order valence-electron chi connectivity index (χ4n) is 2.48. The SMILES string of the molecule is CC1=C/CC/C=C(Cc2c[nH]c3ncc(Cl)cc23)/C=C\1. The lowest BCUT2D eigenvalue weighted by Crippen LogP contribution is -1.89. The topological polar surface area (TPSA) is 28.7 Å². The van der Waals surface area contributed by atoms with Crippen molar-refractivity contribution < 1.29 is 0 Å². The molecule has 2 aromatic heterocycles. The molecule has 2 heterocycles. The molecule has 102 valence electrons. The fraction of sp³-hybridized carbons (Fsp3) is 0.235. The van der Waals surface area contributed by atoms with Gasteiger partial charge >= 0.3 is 0 Å². The number of aromatic amines is 1. The van der Waals surface area contributed by atoms with Crippen molar-refractivity contribution in [2.45, 2.75) is 26.2 Å². The Morgan fingerprint density at radius 1 is 1.25 bits per heavy atom. The molecule has 0 amide bonds. The van der Waals surface area contributed by atoms with Crippen molar-refractivity contribution in [2.24, 2.45) is 0 Å². The number of H-pyrrole nitrogens is 1. The van der Waals surface area contributed by atoms with Gasteiger partial charge in [0.1, 0.15) is 5.65 Å². The standard InChI is InChI=1S/C17H17ClN2/c1-12-4-2-3-5-13(7-6-12)8-14-10-19-17-16(14)9-15(18)11-20-17/h4-7,9-11H,2-3,8H2,1H3,(H,19,20)/b7-6-,12-4-,13-5-. The molecule has 2 aromatic rings. The zero-order chi connectivity index (χ0) is 13.9. The highest BCUT2D eigenvalue weighted by molar-refractivity contribution is 6.31. The molecule has 3 heteroatoms. The molecule has 0 saturated carbocycles. The first-order chi connectivity index (χ1) is 9.72. The van der Waals surface area contributed by atoms with E-state index in [2.05, 4.69) is 41.2 Å². The van der Waals surface area contributed by atoms with Crippen LogP contribution in [-0.2, 0) is 6.42 Å². The van der Waals surface area contributed by atoms with Crippen molar-refractivity contribution in [3.8, 4) is 0 Å². The number of fused-ring (bicyclic) bond motifs is 1. The van der Waals surface area contributed by atoms with Crippen LogP contribution in [0.15, 0.2) is 53.9 Å². The Morgan fingerprint density at radius 3 is 3.00 bits per heavy atom. The number of hydrogen-bond acceptors (Lipinski definition) is 1. The molecule has 0 bridgehead atoms. The summed E-state index contributed by atoms with van der Waals surface area (Å²) in [6.45, 7) is 2.15. The van der Waals surface area contributed by atoms with Gasteiger partial charge in [-0.2, -0.15) is 0 Å². The Kier molecular flexibility index (Phi) is 3.75. The summed E-state index contributed by atoms with van der Waals surface area (Å²) in [5, 5.41) is 1.79. The van der Waals surface area contributed by atoms with E-state index in [4.69, 9.17) is 11.6 Å². The largest absolute Gasteiger partial charge is 0.346 e. The van der Waals surface area contributed by atoms with E-state index in [1.54, 1.807) is 6.20 Å². The first-order valence-corrected chi connectivity index (χ1v) is 7.25. The average Bonchev–Trinajstić information content (AvgIpc) is 2.80. The normalized spacial score (nSPS) is 22.5. The summed E-state index contributed by atoms with van der Waals surface area (Å²) in [5.41, 5.74) is 4.82. The fourth-order valence-corrected chi connectivity index (χ4v) is 2.64. The van der Waals surface area contributed by atoms with Crippen LogP contribution in [0.1, 0.15) is 25.3 Å². The predicted octanol–water partition coefficient (Wildman–Crippen LogP) is 4.98. The van der Waals surface area contributed by atoms with E-state index >= 15 is 0 Å². The van der Waals surface area contributed by atoms with Crippen molar-refractivity contribution in [3.63, 3.8) is 0 Å². The first kappa shape index (κ1) is 13.2. The molecule has 0 aromatic carbocycles. The molecule has 3 rings (SSSR count). The lowest BCUT2D eigenvalue weighted by molar-refractivity contribution is 1.01. The summed E-state index contributed by atoms with van der Waals surface area (Å²) < 4.78 is 0. The zero-order valence-corrected chi connectivity index (χ0v) is 12.2. The number of aromatic nitrogens is 2. The third-order valence-electron chi connectivity index (χ3n) is 3.58. The lowest BCUT2D eigenvalue weighted by Gasteiger charge is -2.05. The maximum Gasteiger partial charge on any atom is 0.137 e. The molecular formula is C17H17ClN2. The van der Waals surface area contributed by atoms with Gasteiger partial charge < -0.3 is 4.98 Å². The molecule has 0 fully saturated rings. The van der Waals surface area contributed by atoms with Crippen LogP contribution in [0.3, 0.4) is 0 Å². The summed E-state index contributed by atoms with van der Waals surface area (Å²) in [5.74, 6) is 0. The van der Waals surface area contributed by atoms with Crippen molar-refractivity contribution in [3.05, 3.63) is 64.5 Å². The van der Waals surface area contributed by atoms with Crippen LogP contribution in [0.2, 0.25) is 5.02 Å². The van der Waals surface area contributed by atoms with E-state index in [1.807, 2.05) is 12.3 Å². The highest BCUT2D eigenvalue weighted by Gasteiger charge is 2.07. The average molecular weight is 285 g/mol. The number of pyridine rings is 1. The predicted molar refractivity (Wildman–Crippen MR) is 85.0 cm³/mol. The number of hydrogen-bond donors (Lipinski definition) is 1. The molecule has 0 unspecified atom stereocenters. The van der Waals surface area contributed by atoms with Crippen LogP contribution in [0.5, 0.6) is 0 Å². The van der Waals surface area contributed by atoms with Gasteiger partial charge in [-0.15, -0.1) is 0 Å². The van der Waals surface area contributed by atoms with Crippen LogP contribution in [0, 0.1) is 0 Å². The van der Waals surface area contributed by atoms with Crippen LogP contribution >= 0.6 is 11.6 Å². The third-order valence-corrected chi connectivity index (χ3v) is 3.78. The maximum absolute atomic E-state index is 6.04. The van der Waals surface area contributed by atoms with Crippen molar-refractivity contribution >= 4 is 22.6 Å². The molecule has 0 spiro atoms. The molecule has 1 N–H and O–H groups in total. The summed E-state index contributed by atoms with van der Waals surface area (Å²) in [4.78, 5) is 7.52. The Labute approximate surface area is 123 Å². The molecule has 0 saturated heterocycles. The monoisotopic (exact) mass is 284 g/mol. The Balaban J connectivity index is 1.91. The number of nitrogens with one attached hydrogen (secondary N) is 1. The van der Waals surface area contributed by atoms with E-state index in [0.717, 1.165) is 30.3 Å². The zero-order valence-electron chi connectivity index (χ0n) is 11.5. The van der Waals surface area contributed by atoms with E-state index in [0.29, 0.717) is 5.02 Å². The summed E-state index contributed by atoms with van der Waals surface area (Å²) in [6, 6.07) is 1.98. The second-order valence-electron chi connectivity index (χ2n) is 5.18. The van der Waals surface area contributed by atoms with Crippen LogP contribution in [-0.4, -0.2) is 9.97 Å². The highest BCUT2D eigenvalue weighted by Crippen LogP contribution is 2.23. The maximum atomic E-state index is 6.04. The van der Waals surface area contributed by atoms with Gasteiger partial charge in [-0.1, -0.05) is 41.5 Å². The minimum absolute atomic E-state index is 0.680. The molecule has 1 aliphatic rings. The Hall–Kier alpha value is -1.80. The molecule has 0 radical (unpaired) electrons. The van der Waals surface area contributed by atoms with Gasteiger partial charge in [0.25, 0.3) is 0 Å². The van der Waals surface area contributed by atoms with Gasteiger partial charge in [-0.05, 0) is 43.4 Å². The molecular weight excluding hydrogens is 268 g/mol. The van der Waals surface area contributed by atoms with Gasteiger partial charge in [0.2, 0.25) is 0 Å². The van der Waals surface area contributed by atoms with Crippen molar-refractivity contribution in [1.29, 1.82) is 0 Å². The van der Waals surface area contributed by atoms with Gasteiger partial charge in [-0.3, -0.25) is 0 Å². The van der Waals surface area contributed by atoms with Crippen LogP contribution < -0.4 is 0 Å². The van der Waals surface area contributed by atoms with Crippen LogP contribution in [0.4, 0.5) is 0 Å². The third kappa shape index (κ3) is 2.86. The molecule has 0 atom stereocenters. The lowest BCUT2D eigenvalue weighted by atomic mass is 10.0. The minimum atomic E-state index is 0.680. The summed E-state index contributed by atoms with van der Waals surface area (Å²) in [6.07, 6.45) is 15.8. The minimum Gasteiger partial charge on any atom is -0.346 e. The van der Waals surface area contributed by atoms with Gasteiger partial charge in [0.05, 0.1) is 5.02 Å². The number of allylic oxidation sites excluding steroid dienone is 6. The number of halogens is 1. The first-order valence-electron chi connectivity index (χ1n) is 6.88. The second-order valence-corrected chi connectivity index (χ2v) is 5.61. The molecule has 0 aliphatic heterocycles. The quantitative estimate of drug-likeness (QED) is 0.827. The van der Waals surface area contributed by atoms with E-state index in [1.165, 1.54) is 16.7 Å². The van der Waals surface area contributed by atoms with Crippen molar-refractivity contribution in [1.82, 2.24) is 9.97 Å². The van der Waals surface area contributed by atoms with Crippen LogP contribution in [0.25, 0.3) is 11.0 Å². The van der Waals surface area contributed by atoms with E-state index < -0.39 is 0 Å². The van der Waals surface area contributed by atoms with Gasteiger partial charge in [0, 0.05) is 17.8 Å². The van der Waals surface area contributed by atoms with E-state index in [9.17, 15) is 0 Å². The highest BCUT2D eigenvalue weighted by atomic mass is 35.5. The van der Waals surface area contributed by atoms with Gasteiger partial charge in [-0.25, -0.2) is 4.98 Å². The number of nitrogens with zero attached hydrogens (tertiary/aromatic N) is 1. The Morgan fingerprint density at radius 2 is 2.10 bits per heavy atom.